The summed E-state index contributed by atoms with van der Waals surface area (Å²) in [4.78, 5) is 24.5. The summed E-state index contributed by atoms with van der Waals surface area (Å²) < 4.78 is 12.6. The molecule has 5 heterocycles. The molecule has 2 N–H and O–H groups in total. The number of nitrogens with zero attached hydrogens (tertiary/aromatic N) is 6. The number of hydrogen-bond acceptors (Lipinski definition) is 9. The molecule has 1 unspecified atom stereocenters. The minimum atomic E-state index is -0.996. The molecular weight excluding hydrogens is 546 g/mol. The number of rotatable bonds is 8. The number of aromatic nitrogens is 4. The molecule has 43 heavy (non-hydrogen) atoms. The van der Waals surface area contributed by atoms with Gasteiger partial charge in [0.1, 0.15) is 24.2 Å². The van der Waals surface area contributed by atoms with Crippen LogP contribution in [0.3, 0.4) is 0 Å². The van der Waals surface area contributed by atoms with Gasteiger partial charge in [-0.05, 0) is 62.8 Å². The number of hydrogen-bond donors (Lipinski definition) is 2. The highest BCUT2D eigenvalue weighted by Gasteiger charge is 2.50. The average molecular weight is 582 g/mol. The van der Waals surface area contributed by atoms with Crippen molar-refractivity contribution in [3.63, 3.8) is 0 Å². The van der Waals surface area contributed by atoms with Crippen LogP contribution in [0.15, 0.2) is 55.1 Å². The zero-order valence-electron chi connectivity index (χ0n) is 24.7. The van der Waals surface area contributed by atoms with Crippen LogP contribution < -0.4 is 19.7 Å². The van der Waals surface area contributed by atoms with Crippen LogP contribution in [-0.2, 0) is 4.79 Å². The van der Waals surface area contributed by atoms with Crippen molar-refractivity contribution in [3.05, 3.63) is 60.7 Å². The van der Waals surface area contributed by atoms with Gasteiger partial charge < -0.3 is 24.8 Å². The lowest BCUT2D eigenvalue weighted by atomic mass is 9.85. The summed E-state index contributed by atoms with van der Waals surface area (Å²) in [6, 6.07) is 11.6. The number of nitriles is 1. The largest absolute Gasteiger partial charge is 0.489 e. The number of carbonyl (C=O) groups excluding carboxylic acids is 1. The second kappa shape index (κ2) is 10.9. The Labute approximate surface area is 250 Å². The van der Waals surface area contributed by atoms with E-state index in [1.54, 1.807) is 50.0 Å². The van der Waals surface area contributed by atoms with Gasteiger partial charge in [-0.3, -0.25) is 4.79 Å². The first-order valence-corrected chi connectivity index (χ1v) is 14.3. The van der Waals surface area contributed by atoms with Gasteiger partial charge in [0, 0.05) is 41.9 Å². The molecule has 1 saturated heterocycles. The Morgan fingerprint density at radius 1 is 1.16 bits per heavy atom. The zero-order valence-corrected chi connectivity index (χ0v) is 24.7. The molecule has 1 aliphatic heterocycles. The van der Waals surface area contributed by atoms with E-state index in [2.05, 4.69) is 33.3 Å². The predicted octanol–water partition coefficient (Wildman–Crippen LogP) is 4.31. The maximum absolute atomic E-state index is 13.2. The summed E-state index contributed by atoms with van der Waals surface area (Å²) in [5, 5.41) is 27.2. The molecule has 4 aromatic heterocycles. The van der Waals surface area contributed by atoms with Crippen LogP contribution in [0.2, 0.25) is 0 Å². The van der Waals surface area contributed by atoms with E-state index in [1.807, 2.05) is 24.4 Å². The minimum absolute atomic E-state index is 0.0274. The quantitative estimate of drug-likeness (QED) is 0.312. The van der Waals surface area contributed by atoms with Gasteiger partial charge in [-0.15, -0.1) is 0 Å². The highest BCUT2D eigenvalue weighted by Crippen LogP contribution is 2.50. The van der Waals surface area contributed by atoms with Gasteiger partial charge in [-0.25, -0.2) is 14.5 Å². The number of methoxy groups -OCH3 is 1. The normalized spacial score (nSPS) is 21.4. The molecule has 2 aliphatic rings. The molecule has 0 spiro atoms. The first-order chi connectivity index (χ1) is 20.5. The summed E-state index contributed by atoms with van der Waals surface area (Å²) in [7, 11) is 1.56. The van der Waals surface area contributed by atoms with Crippen molar-refractivity contribution in [2.45, 2.75) is 39.2 Å². The van der Waals surface area contributed by atoms with E-state index < -0.39 is 11.0 Å². The molecule has 0 bridgehead atoms. The number of fused-ring (bicyclic) bond motifs is 2. The molecule has 2 fully saturated rings. The molecule has 222 valence electrons. The average Bonchev–Trinajstić information content (AvgIpc) is 3.67. The Bertz CT molecular complexity index is 1670. The molecule has 1 amide bonds. The fraction of sp³-hybridized carbons (Fsp3) is 0.406. The second-order valence-electron chi connectivity index (χ2n) is 12.5. The van der Waals surface area contributed by atoms with Crippen LogP contribution in [0.1, 0.15) is 39.2 Å². The Balaban J connectivity index is 1.15. The van der Waals surface area contributed by atoms with Gasteiger partial charge in [0.05, 0.1) is 48.1 Å². The summed E-state index contributed by atoms with van der Waals surface area (Å²) in [6.07, 6.45) is 8.30. The molecule has 11 nitrogen and oxygen atoms in total. The van der Waals surface area contributed by atoms with Crippen molar-refractivity contribution in [2.24, 2.45) is 17.3 Å². The predicted molar refractivity (Wildman–Crippen MR) is 161 cm³/mol. The Morgan fingerprint density at radius 2 is 1.93 bits per heavy atom. The van der Waals surface area contributed by atoms with Crippen molar-refractivity contribution < 1.29 is 19.4 Å². The molecule has 0 radical (unpaired) electrons. The summed E-state index contributed by atoms with van der Waals surface area (Å²) in [5.41, 5.74) is 1.96. The maximum atomic E-state index is 13.2. The number of anilines is 2. The number of nitrogens with one attached hydrogen (secondary N) is 1. The van der Waals surface area contributed by atoms with Gasteiger partial charge in [-0.1, -0.05) is 6.92 Å². The van der Waals surface area contributed by atoms with Crippen LogP contribution in [0.5, 0.6) is 11.6 Å². The lowest BCUT2D eigenvalue weighted by molar-refractivity contribution is -0.124. The van der Waals surface area contributed by atoms with Gasteiger partial charge in [0.2, 0.25) is 11.8 Å². The van der Waals surface area contributed by atoms with E-state index >= 15 is 0 Å². The number of amides is 1. The Hall–Kier alpha value is -4.69. The highest BCUT2D eigenvalue weighted by molar-refractivity contribution is 5.95. The van der Waals surface area contributed by atoms with Gasteiger partial charge >= 0.3 is 0 Å². The van der Waals surface area contributed by atoms with Crippen molar-refractivity contribution in [2.75, 3.05) is 37.0 Å². The summed E-state index contributed by atoms with van der Waals surface area (Å²) in [6.45, 7) is 7.21. The van der Waals surface area contributed by atoms with Crippen LogP contribution in [-0.4, -0.2) is 63.0 Å². The third-order valence-corrected chi connectivity index (χ3v) is 8.44. The van der Waals surface area contributed by atoms with Gasteiger partial charge in [0.15, 0.2) is 0 Å². The smallest absolute Gasteiger partial charge is 0.230 e. The van der Waals surface area contributed by atoms with Crippen LogP contribution in [0.25, 0.3) is 16.6 Å². The van der Waals surface area contributed by atoms with E-state index in [9.17, 15) is 15.2 Å². The minimum Gasteiger partial charge on any atom is -0.489 e. The Kier molecular flexibility index (Phi) is 7.18. The number of pyridine rings is 3. The van der Waals surface area contributed by atoms with E-state index in [0.717, 1.165) is 42.9 Å². The second-order valence-corrected chi connectivity index (χ2v) is 12.5. The number of aliphatic hydroxyl groups is 1. The van der Waals surface area contributed by atoms with Crippen LogP contribution >= 0.6 is 0 Å². The molecule has 3 atom stereocenters. The van der Waals surface area contributed by atoms with E-state index in [1.165, 1.54) is 6.20 Å². The molecule has 4 aromatic rings. The highest BCUT2D eigenvalue weighted by atomic mass is 16.5. The standard InChI is InChI=1S/C32H35N7O4/c1-31(2,41)19-43-25-9-26(29-23(12-33)14-36-39(29)18-25)20-5-7-27(34-13-20)38-16-21-10-32(3,11-22(21)17-38)30(40)37-24-6-8-28(42-4)35-15-24/h5-9,13-15,18,21-22,41H,10-11,16-17,19H2,1-4H3,(H,37,40)/t21-,22+,32?. The Morgan fingerprint density at radius 3 is 2.53 bits per heavy atom. The fourth-order valence-corrected chi connectivity index (χ4v) is 6.34. The SMILES string of the molecule is COc1ccc(NC(=O)C2(C)C[C@H]3CN(c4ccc(-c5cc(OCC(C)(C)O)cn6ncc(C#N)c56)cn4)C[C@H]3C2)cn1. The van der Waals surface area contributed by atoms with Crippen molar-refractivity contribution >= 4 is 22.9 Å². The van der Waals surface area contributed by atoms with Crippen LogP contribution in [0, 0.1) is 28.6 Å². The lowest BCUT2D eigenvalue weighted by Gasteiger charge is -2.26. The molecule has 1 aliphatic carbocycles. The first-order valence-electron chi connectivity index (χ1n) is 14.3. The van der Waals surface area contributed by atoms with Gasteiger partial charge in [0.25, 0.3) is 0 Å². The monoisotopic (exact) mass is 581 g/mol. The first kappa shape index (κ1) is 28.4. The maximum Gasteiger partial charge on any atom is 0.230 e. The molecular formula is C32H35N7O4. The fourth-order valence-electron chi connectivity index (χ4n) is 6.34. The van der Waals surface area contributed by atoms with Crippen LogP contribution in [0.4, 0.5) is 11.5 Å². The van der Waals surface area contributed by atoms with Crippen molar-refractivity contribution in [1.82, 2.24) is 19.6 Å². The molecule has 0 aromatic carbocycles. The van der Waals surface area contributed by atoms with E-state index in [4.69, 9.17) is 14.5 Å². The summed E-state index contributed by atoms with van der Waals surface area (Å²) in [5.74, 6) is 2.76. The summed E-state index contributed by atoms with van der Waals surface area (Å²) >= 11 is 0. The number of carbonyl (C=O) groups is 1. The topological polar surface area (TPSA) is 138 Å². The number of ether oxygens (including phenoxy) is 2. The molecule has 6 rings (SSSR count). The third kappa shape index (κ3) is 5.70. The molecule has 1 saturated carbocycles. The van der Waals surface area contributed by atoms with Crippen molar-refractivity contribution in [3.8, 4) is 28.8 Å². The lowest BCUT2D eigenvalue weighted by Crippen LogP contribution is -2.34. The van der Waals surface area contributed by atoms with E-state index in [-0.39, 0.29) is 12.5 Å². The van der Waals surface area contributed by atoms with Gasteiger partial charge in [-0.2, -0.15) is 10.4 Å². The van der Waals surface area contributed by atoms with E-state index in [0.29, 0.717) is 40.2 Å². The molecule has 11 heteroatoms. The van der Waals surface area contributed by atoms with Crippen molar-refractivity contribution in [1.29, 1.82) is 5.26 Å². The third-order valence-electron chi connectivity index (χ3n) is 8.44. The zero-order chi connectivity index (χ0) is 30.4.